The number of imide groups is 1. The van der Waals surface area contributed by atoms with E-state index < -0.39 is 0 Å². The summed E-state index contributed by atoms with van der Waals surface area (Å²) in [6.45, 7) is 2.40. The lowest BCUT2D eigenvalue weighted by Gasteiger charge is -2.22. The minimum Gasteiger partial charge on any atom is -0.483 e. The van der Waals surface area contributed by atoms with E-state index in [9.17, 15) is 14.4 Å². The first-order valence-electron chi connectivity index (χ1n) is 8.42. The number of benzene rings is 1. The third-order valence-corrected chi connectivity index (χ3v) is 5.23. The Bertz CT molecular complexity index is 701. The van der Waals surface area contributed by atoms with Gasteiger partial charge in [-0.25, -0.2) is 0 Å². The molecule has 3 heterocycles. The number of nitrogens with zero attached hydrogens (tertiary/aromatic N) is 3. The Morgan fingerprint density at radius 2 is 1.58 bits per heavy atom. The molecule has 8 heteroatoms. The van der Waals surface area contributed by atoms with Crippen molar-refractivity contribution in [2.24, 2.45) is 11.8 Å². The van der Waals surface area contributed by atoms with E-state index in [0.717, 1.165) is 13.1 Å². The minimum absolute atomic E-state index is 0.00968. The van der Waals surface area contributed by atoms with Crippen molar-refractivity contribution in [3.8, 4) is 0 Å². The molecule has 2 saturated heterocycles. The maximum atomic E-state index is 12.5. The number of hydrogen-bond acceptors (Lipinski definition) is 5. The van der Waals surface area contributed by atoms with Gasteiger partial charge in [0, 0.05) is 33.2 Å². The summed E-state index contributed by atoms with van der Waals surface area (Å²) in [4.78, 5) is 49.9. The lowest BCUT2D eigenvalue weighted by molar-refractivity contribution is -0.139. The van der Waals surface area contributed by atoms with E-state index in [0.29, 0.717) is 19.6 Å². The Labute approximate surface area is 151 Å². The van der Waals surface area contributed by atoms with Gasteiger partial charge in [0.25, 0.3) is 6.47 Å². The predicted octanol–water partition coefficient (Wildman–Crippen LogP) is -0.224. The molecule has 0 radical (unpaired) electrons. The molecule has 1 aromatic rings. The van der Waals surface area contributed by atoms with E-state index >= 15 is 0 Å². The van der Waals surface area contributed by atoms with Crippen LogP contribution >= 0.6 is 0 Å². The molecule has 1 N–H and O–H groups in total. The molecule has 0 spiro atoms. The number of amides is 3. The minimum atomic E-state index is -0.341. The molecule has 8 nitrogen and oxygen atoms in total. The van der Waals surface area contributed by atoms with Crippen LogP contribution in [0.5, 0.6) is 0 Å². The van der Waals surface area contributed by atoms with Gasteiger partial charge in [-0.1, -0.05) is 24.3 Å². The van der Waals surface area contributed by atoms with E-state index in [2.05, 4.69) is 17.0 Å². The number of carbonyl (C=O) groups excluding carboxylic acids is 3. The van der Waals surface area contributed by atoms with Gasteiger partial charge in [-0.3, -0.25) is 29.0 Å². The summed E-state index contributed by atoms with van der Waals surface area (Å²) in [6, 6.07) is 8.21. The number of likely N-dealkylation sites (tertiary alicyclic amines) is 2. The monoisotopic (exact) mass is 359 g/mol. The van der Waals surface area contributed by atoms with Crippen LogP contribution < -0.4 is 0 Å². The Hall–Kier alpha value is -2.74. The lowest BCUT2D eigenvalue weighted by atomic mass is 10.00. The highest BCUT2D eigenvalue weighted by Crippen LogP contribution is 2.32. The van der Waals surface area contributed by atoms with Gasteiger partial charge < -0.3 is 10.0 Å². The molecule has 3 amide bonds. The summed E-state index contributed by atoms with van der Waals surface area (Å²) in [6.07, 6.45) is 0. The van der Waals surface area contributed by atoms with Crippen LogP contribution in [0, 0.1) is 11.8 Å². The highest BCUT2D eigenvalue weighted by molar-refractivity contribution is 6.06. The lowest BCUT2D eigenvalue weighted by Crippen LogP contribution is -2.40. The second kappa shape index (κ2) is 7.25. The van der Waals surface area contributed by atoms with Crippen LogP contribution in [0.2, 0.25) is 0 Å². The first kappa shape index (κ1) is 18.1. The van der Waals surface area contributed by atoms with Gasteiger partial charge in [-0.2, -0.15) is 0 Å². The zero-order chi connectivity index (χ0) is 18.8. The molecule has 138 valence electrons. The van der Waals surface area contributed by atoms with Crippen LogP contribution in [-0.2, 0) is 32.3 Å². The number of hydrogen-bond donors (Lipinski definition) is 1. The van der Waals surface area contributed by atoms with Crippen LogP contribution in [-0.4, -0.2) is 70.7 Å². The van der Waals surface area contributed by atoms with Gasteiger partial charge in [0.15, 0.2) is 0 Å². The predicted molar refractivity (Wildman–Crippen MR) is 90.6 cm³/mol. The van der Waals surface area contributed by atoms with Gasteiger partial charge in [0.1, 0.15) is 0 Å². The van der Waals surface area contributed by atoms with Crippen LogP contribution in [0.1, 0.15) is 11.1 Å². The Kier molecular flexibility index (Phi) is 5.03. The third-order valence-electron chi connectivity index (χ3n) is 5.23. The molecular weight excluding hydrogens is 338 g/mol. The average Bonchev–Trinajstić information content (AvgIpc) is 3.28. The summed E-state index contributed by atoms with van der Waals surface area (Å²) in [7, 11) is 1.52. The van der Waals surface area contributed by atoms with E-state index in [1.54, 1.807) is 4.90 Å². The molecule has 2 atom stereocenters. The summed E-state index contributed by atoms with van der Waals surface area (Å²) >= 11 is 0. The highest BCUT2D eigenvalue weighted by atomic mass is 16.3. The summed E-state index contributed by atoms with van der Waals surface area (Å²) in [5, 5.41) is 6.89. The van der Waals surface area contributed by atoms with Crippen molar-refractivity contribution >= 4 is 24.2 Å². The first-order valence-corrected chi connectivity index (χ1v) is 8.42. The Balaban J connectivity index is 0.000000613. The largest absolute Gasteiger partial charge is 0.483 e. The molecule has 4 rings (SSSR count). The fraction of sp³-hybridized carbons (Fsp3) is 0.444. The van der Waals surface area contributed by atoms with Crippen LogP contribution in [0.3, 0.4) is 0 Å². The maximum absolute atomic E-state index is 12.5. The fourth-order valence-electron chi connectivity index (χ4n) is 3.92. The molecular formula is C18H21N3O5. The van der Waals surface area contributed by atoms with Crippen molar-refractivity contribution < 1.29 is 24.3 Å². The van der Waals surface area contributed by atoms with E-state index in [-0.39, 0.29) is 36.0 Å². The molecule has 0 aromatic heterocycles. The quantitative estimate of drug-likeness (QED) is 0.579. The topological polar surface area (TPSA) is 98.2 Å². The first-order chi connectivity index (χ1) is 12.5. The molecule has 2 fully saturated rings. The van der Waals surface area contributed by atoms with E-state index in [4.69, 9.17) is 9.90 Å². The molecule has 26 heavy (non-hydrogen) atoms. The van der Waals surface area contributed by atoms with Crippen molar-refractivity contribution in [2.75, 3.05) is 26.7 Å². The Morgan fingerprint density at radius 1 is 1.12 bits per heavy atom. The number of carbonyl (C=O) groups is 4. The summed E-state index contributed by atoms with van der Waals surface area (Å²) in [5.74, 6) is -0.970. The molecule has 0 bridgehead atoms. The SMILES string of the molecule is CN1C(=O)[C@H]2CN(C(=O)CN3Cc4ccccc4C3)C[C@H]2C1=O.O=CO. The molecule has 3 aliphatic heterocycles. The van der Waals surface area contributed by atoms with Crippen LogP contribution in [0.15, 0.2) is 24.3 Å². The molecule has 1 aromatic carbocycles. The molecule has 3 aliphatic rings. The number of rotatable bonds is 2. The van der Waals surface area contributed by atoms with Crippen molar-refractivity contribution in [2.45, 2.75) is 13.1 Å². The summed E-state index contributed by atoms with van der Waals surface area (Å²) in [5.41, 5.74) is 2.54. The zero-order valence-corrected chi connectivity index (χ0v) is 14.5. The van der Waals surface area contributed by atoms with Crippen molar-refractivity contribution in [3.05, 3.63) is 35.4 Å². The number of fused-ring (bicyclic) bond motifs is 2. The van der Waals surface area contributed by atoms with E-state index in [1.165, 1.54) is 23.1 Å². The van der Waals surface area contributed by atoms with Gasteiger partial charge in [0.2, 0.25) is 17.7 Å². The maximum Gasteiger partial charge on any atom is 0.290 e. The van der Waals surface area contributed by atoms with Gasteiger partial charge in [-0.15, -0.1) is 0 Å². The normalized spacial score (nSPS) is 24.2. The second-order valence-electron chi connectivity index (χ2n) is 6.77. The van der Waals surface area contributed by atoms with Gasteiger partial charge >= 0.3 is 0 Å². The van der Waals surface area contributed by atoms with Crippen molar-refractivity contribution in [1.82, 2.24) is 14.7 Å². The fourth-order valence-corrected chi connectivity index (χ4v) is 3.92. The van der Waals surface area contributed by atoms with Gasteiger partial charge in [-0.05, 0) is 11.1 Å². The summed E-state index contributed by atoms with van der Waals surface area (Å²) < 4.78 is 0. The third kappa shape index (κ3) is 3.20. The highest BCUT2D eigenvalue weighted by Gasteiger charge is 2.51. The van der Waals surface area contributed by atoms with Crippen LogP contribution in [0.4, 0.5) is 0 Å². The van der Waals surface area contributed by atoms with Crippen LogP contribution in [0.25, 0.3) is 0 Å². The molecule has 0 aliphatic carbocycles. The average molecular weight is 359 g/mol. The second-order valence-corrected chi connectivity index (χ2v) is 6.77. The zero-order valence-electron chi connectivity index (χ0n) is 14.5. The molecule has 0 saturated carbocycles. The van der Waals surface area contributed by atoms with Crippen molar-refractivity contribution in [1.29, 1.82) is 0 Å². The van der Waals surface area contributed by atoms with Gasteiger partial charge in [0.05, 0.1) is 18.4 Å². The smallest absolute Gasteiger partial charge is 0.290 e. The van der Waals surface area contributed by atoms with E-state index in [1.807, 2.05) is 12.1 Å². The molecule has 0 unspecified atom stereocenters. The number of carboxylic acid groups (broad SMARTS) is 1. The standard InChI is InChI=1S/C17H19N3O3.CH2O2/c1-18-16(22)13-8-20(9-14(13)17(18)23)15(21)10-19-6-11-4-2-3-5-12(11)7-19;2-1-3/h2-5,13-14H,6-10H2,1H3;1H,(H,2,3)/t13-,14+;. The van der Waals surface area contributed by atoms with Crippen molar-refractivity contribution in [3.63, 3.8) is 0 Å². The Morgan fingerprint density at radius 3 is 2.04 bits per heavy atom.